The van der Waals surface area contributed by atoms with Crippen molar-refractivity contribution in [2.24, 2.45) is 5.73 Å². The molecule has 2 aromatic carbocycles. The molecule has 176 valence electrons. The molecule has 2 amide bonds. The van der Waals surface area contributed by atoms with E-state index in [1.54, 1.807) is 30.3 Å². The minimum absolute atomic E-state index is 0.118. The van der Waals surface area contributed by atoms with Crippen LogP contribution in [0.1, 0.15) is 37.5 Å². The lowest BCUT2D eigenvalue weighted by molar-refractivity contribution is -0.118. The summed E-state index contributed by atoms with van der Waals surface area (Å²) in [4.78, 5) is 22.5. The fraction of sp³-hybridized carbons (Fsp3) is 0.280. The fourth-order valence-electron chi connectivity index (χ4n) is 3.03. The topological polar surface area (TPSA) is 120 Å². The Bertz CT molecular complexity index is 1060. The standard InChI is InChI=1S/C25H30N2O6/c1-5-32-22-14-19(28)13-18(20(22)10-6-16(2)3)9-7-17-8-11-21(23(12-17)31-4)27-24(29)15-33-25(26)30/h6-9,11-14,28H,5,10,15H2,1-4H3,(H2,26,30)(H,27,29)/b9-7+. The third-order valence-corrected chi connectivity index (χ3v) is 4.54. The molecule has 0 saturated carbocycles. The van der Waals surface area contributed by atoms with Crippen molar-refractivity contribution in [2.75, 3.05) is 25.6 Å². The quantitative estimate of drug-likeness (QED) is 0.359. The van der Waals surface area contributed by atoms with E-state index in [1.807, 2.05) is 32.9 Å². The summed E-state index contributed by atoms with van der Waals surface area (Å²) in [5.41, 5.74) is 9.09. The van der Waals surface area contributed by atoms with Crippen LogP contribution in [-0.4, -0.2) is 37.4 Å². The molecule has 0 aromatic heterocycles. The van der Waals surface area contributed by atoms with Crippen LogP contribution in [0, 0.1) is 0 Å². The summed E-state index contributed by atoms with van der Waals surface area (Å²) in [6.45, 7) is 5.96. The number of anilines is 1. The number of ether oxygens (including phenoxy) is 3. The SMILES string of the molecule is CCOc1cc(O)cc(/C=C/c2ccc(NC(=O)COC(N)=O)c(OC)c2)c1CC=C(C)C. The number of nitrogens with two attached hydrogens (primary N) is 1. The molecule has 0 atom stereocenters. The summed E-state index contributed by atoms with van der Waals surface area (Å²) >= 11 is 0. The average molecular weight is 455 g/mol. The second kappa shape index (κ2) is 12.2. The summed E-state index contributed by atoms with van der Waals surface area (Å²) in [6, 6.07) is 8.54. The molecule has 2 rings (SSSR count). The lowest BCUT2D eigenvalue weighted by Crippen LogP contribution is -2.23. The zero-order chi connectivity index (χ0) is 24.4. The molecule has 0 aliphatic rings. The van der Waals surface area contributed by atoms with Crippen molar-refractivity contribution in [3.63, 3.8) is 0 Å². The van der Waals surface area contributed by atoms with Crippen LogP contribution in [0.25, 0.3) is 12.2 Å². The summed E-state index contributed by atoms with van der Waals surface area (Å²) in [6.07, 6.45) is 5.51. The number of methoxy groups -OCH3 is 1. The second-order valence-corrected chi connectivity index (χ2v) is 7.38. The summed E-state index contributed by atoms with van der Waals surface area (Å²) < 4.78 is 15.6. The highest BCUT2D eigenvalue weighted by Gasteiger charge is 2.11. The van der Waals surface area contributed by atoms with Crippen molar-refractivity contribution in [2.45, 2.75) is 27.2 Å². The Kier molecular flexibility index (Phi) is 9.35. The maximum Gasteiger partial charge on any atom is 0.405 e. The molecule has 0 fully saturated rings. The van der Waals surface area contributed by atoms with Gasteiger partial charge in [-0.15, -0.1) is 0 Å². The Morgan fingerprint density at radius 2 is 1.88 bits per heavy atom. The van der Waals surface area contributed by atoms with Crippen molar-refractivity contribution >= 4 is 29.8 Å². The van der Waals surface area contributed by atoms with Gasteiger partial charge in [0.25, 0.3) is 5.91 Å². The Labute approximate surface area is 193 Å². The molecule has 0 aliphatic carbocycles. The van der Waals surface area contributed by atoms with Gasteiger partial charge >= 0.3 is 6.09 Å². The van der Waals surface area contributed by atoms with Crippen molar-refractivity contribution in [1.29, 1.82) is 0 Å². The van der Waals surface area contributed by atoms with Gasteiger partial charge < -0.3 is 30.4 Å². The van der Waals surface area contributed by atoms with Crippen LogP contribution in [0.5, 0.6) is 17.2 Å². The number of hydrogen-bond acceptors (Lipinski definition) is 6. The highest BCUT2D eigenvalue weighted by atomic mass is 16.5. The number of benzene rings is 2. The third-order valence-electron chi connectivity index (χ3n) is 4.54. The Balaban J connectivity index is 2.32. The van der Waals surface area contributed by atoms with Gasteiger partial charge in [-0.1, -0.05) is 29.9 Å². The van der Waals surface area contributed by atoms with E-state index in [0.29, 0.717) is 30.2 Å². The van der Waals surface area contributed by atoms with Gasteiger partial charge in [-0.3, -0.25) is 4.79 Å². The van der Waals surface area contributed by atoms with E-state index in [1.165, 1.54) is 12.7 Å². The number of allylic oxidation sites excluding steroid dienone is 2. The zero-order valence-electron chi connectivity index (χ0n) is 19.3. The number of rotatable bonds is 10. The van der Waals surface area contributed by atoms with Crippen molar-refractivity contribution in [1.82, 2.24) is 0 Å². The molecule has 0 heterocycles. The van der Waals surface area contributed by atoms with Gasteiger partial charge in [-0.2, -0.15) is 0 Å². The number of primary amides is 1. The number of phenolic OH excluding ortho intramolecular Hbond substituents is 1. The van der Waals surface area contributed by atoms with Crippen molar-refractivity contribution in [3.8, 4) is 17.2 Å². The molecular weight excluding hydrogens is 424 g/mol. The maximum absolute atomic E-state index is 11.9. The van der Waals surface area contributed by atoms with Gasteiger partial charge in [-0.05, 0) is 56.5 Å². The molecule has 0 radical (unpaired) electrons. The lowest BCUT2D eigenvalue weighted by atomic mass is 10.00. The van der Waals surface area contributed by atoms with Crippen LogP contribution in [0.4, 0.5) is 10.5 Å². The van der Waals surface area contributed by atoms with Gasteiger partial charge in [-0.25, -0.2) is 4.79 Å². The Morgan fingerprint density at radius 1 is 1.12 bits per heavy atom. The van der Waals surface area contributed by atoms with Crippen LogP contribution in [-0.2, 0) is 16.0 Å². The molecule has 8 nitrogen and oxygen atoms in total. The molecular formula is C25H30N2O6. The molecule has 0 bridgehead atoms. The first-order chi connectivity index (χ1) is 15.7. The number of hydrogen-bond donors (Lipinski definition) is 3. The van der Waals surface area contributed by atoms with E-state index in [2.05, 4.69) is 16.1 Å². The predicted octanol–water partition coefficient (Wildman–Crippen LogP) is 4.51. The first-order valence-corrected chi connectivity index (χ1v) is 10.4. The first kappa shape index (κ1) is 25.3. The van der Waals surface area contributed by atoms with E-state index in [0.717, 1.165) is 16.7 Å². The van der Waals surface area contributed by atoms with Crippen LogP contribution in [0.2, 0.25) is 0 Å². The van der Waals surface area contributed by atoms with Crippen molar-refractivity contribution in [3.05, 3.63) is 58.7 Å². The summed E-state index contributed by atoms with van der Waals surface area (Å²) in [5, 5.41) is 12.8. The Morgan fingerprint density at radius 3 is 2.52 bits per heavy atom. The van der Waals surface area contributed by atoms with Crippen molar-refractivity contribution < 1.29 is 28.9 Å². The first-order valence-electron chi connectivity index (χ1n) is 10.4. The van der Waals surface area contributed by atoms with Gasteiger partial charge in [0, 0.05) is 11.6 Å². The molecule has 8 heteroatoms. The highest BCUT2D eigenvalue weighted by Crippen LogP contribution is 2.32. The molecule has 0 unspecified atom stereocenters. The number of nitrogens with one attached hydrogen (secondary N) is 1. The number of amides is 2. The highest BCUT2D eigenvalue weighted by molar-refractivity contribution is 5.94. The zero-order valence-corrected chi connectivity index (χ0v) is 19.3. The van der Waals surface area contributed by atoms with Crippen LogP contribution in [0.3, 0.4) is 0 Å². The largest absolute Gasteiger partial charge is 0.508 e. The van der Waals surface area contributed by atoms with Gasteiger partial charge in [0.1, 0.15) is 17.2 Å². The van der Waals surface area contributed by atoms with Crippen LogP contribution >= 0.6 is 0 Å². The van der Waals surface area contributed by atoms with E-state index in [4.69, 9.17) is 15.2 Å². The van der Waals surface area contributed by atoms with E-state index in [-0.39, 0.29) is 5.75 Å². The summed E-state index contributed by atoms with van der Waals surface area (Å²) in [5.74, 6) is 0.652. The van der Waals surface area contributed by atoms with Gasteiger partial charge in [0.2, 0.25) is 0 Å². The van der Waals surface area contributed by atoms with Crippen LogP contribution in [0.15, 0.2) is 42.0 Å². The molecule has 0 aliphatic heterocycles. The number of carbonyl (C=O) groups is 2. The van der Waals surface area contributed by atoms with E-state index < -0.39 is 18.6 Å². The summed E-state index contributed by atoms with van der Waals surface area (Å²) in [7, 11) is 1.49. The maximum atomic E-state index is 11.9. The fourth-order valence-corrected chi connectivity index (χ4v) is 3.03. The van der Waals surface area contributed by atoms with Gasteiger partial charge in [0.15, 0.2) is 6.61 Å². The van der Waals surface area contributed by atoms with Crippen LogP contribution < -0.4 is 20.5 Å². The number of phenols is 1. The van der Waals surface area contributed by atoms with E-state index >= 15 is 0 Å². The lowest BCUT2D eigenvalue weighted by Gasteiger charge is -2.13. The van der Waals surface area contributed by atoms with Gasteiger partial charge in [0.05, 0.1) is 19.4 Å². The molecule has 33 heavy (non-hydrogen) atoms. The molecule has 0 saturated heterocycles. The smallest absolute Gasteiger partial charge is 0.405 e. The molecule has 0 spiro atoms. The number of aromatic hydroxyl groups is 1. The predicted molar refractivity (Wildman–Crippen MR) is 128 cm³/mol. The minimum atomic E-state index is -1.03. The second-order valence-electron chi connectivity index (χ2n) is 7.38. The number of carbonyl (C=O) groups excluding carboxylic acids is 2. The molecule has 4 N–H and O–H groups in total. The third kappa shape index (κ3) is 7.92. The average Bonchev–Trinajstić information content (AvgIpc) is 2.76. The normalized spacial score (nSPS) is 10.5. The Hall–Kier alpha value is -3.94. The molecule has 2 aromatic rings. The monoisotopic (exact) mass is 454 g/mol. The van der Waals surface area contributed by atoms with E-state index in [9.17, 15) is 14.7 Å². The minimum Gasteiger partial charge on any atom is -0.508 e.